The first kappa shape index (κ1) is 25.0. The SMILES string of the molecule is CN(C(=O)c1ccccc1NC(=O)c1ccc(OCCc2ccccc2)c(Br)c1)C1CCCCC1. The van der Waals surface area contributed by atoms with E-state index in [9.17, 15) is 9.59 Å². The minimum Gasteiger partial charge on any atom is -0.492 e. The van der Waals surface area contributed by atoms with Crippen LogP contribution in [0.3, 0.4) is 0 Å². The predicted molar refractivity (Wildman–Crippen MR) is 143 cm³/mol. The highest BCUT2D eigenvalue weighted by Crippen LogP contribution is 2.28. The van der Waals surface area contributed by atoms with Crippen molar-refractivity contribution in [1.29, 1.82) is 0 Å². The van der Waals surface area contributed by atoms with Crippen molar-refractivity contribution in [2.75, 3.05) is 19.0 Å². The monoisotopic (exact) mass is 534 g/mol. The smallest absolute Gasteiger partial charge is 0.255 e. The molecule has 5 nitrogen and oxygen atoms in total. The average molecular weight is 535 g/mol. The lowest BCUT2D eigenvalue weighted by molar-refractivity contribution is 0.0697. The maximum Gasteiger partial charge on any atom is 0.255 e. The Balaban J connectivity index is 1.40. The van der Waals surface area contributed by atoms with Gasteiger partial charge in [0.05, 0.1) is 22.3 Å². The average Bonchev–Trinajstić information content (AvgIpc) is 2.90. The van der Waals surface area contributed by atoms with Crippen LogP contribution in [-0.2, 0) is 6.42 Å². The highest BCUT2D eigenvalue weighted by molar-refractivity contribution is 9.10. The summed E-state index contributed by atoms with van der Waals surface area (Å²) in [6.07, 6.45) is 6.41. The van der Waals surface area contributed by atoms with E-state index in [1.807, 2.05) is 42.3 Å². The Hall–Kier alpha value is -3.12. The Morgan fingerprint density at radius 2 is 1.69 bits per heavy atom. The number of nitrogens with one attached hydrogen (secondary N) is 1. The van der Waals surface area contributed by atoms with Gasteiger partial charge in [-0.1, -0.05) is 61.7 Å². The van der Waals surface area contributed by atoms with E-state index in [1.165, 1.54) is 12.0 Å². The van der Waals surface area contributed by atoms with Gasteiger partial charge in [-0.3, -0.25) is 9.59 Å². The number of amides is 2. The van der Waals surface area contributed by atoms with Crippen molar-refractivity contribution >= 4 is 33.4 Å². The molecule has 0 bridgehead atoms. The van der Waals surface area contributed by atoms with Gasteiger partial charge in [0.25, 0.3) is 11.8 Å². The number of carbonyl (C=O) groups is 2. The molecule has 1 N–H and O–H groups in total. The zero-order chi connectivity index (χ0) is 24.6. The summed E-state index contributed by atoms with van der Waals surface area (Å²) in [5, 5.41) is 2.93. The van der Waals surface area contributed by atoms with E-state index in [0.29, 0.717) is 33.6 Å². The van der Waals surface area contributed by atoms with Crippen molar-refractivity contribution in [3.8, 4) is 5.75 Å². The number of hydrogen-bond donors (Lipinski definition) is 1. The molecule has 182 valence electrons. The number of benzene rings is 3. The van der Waals surface area contributed by atoms with Crippen molar-refractivity contribution in [2.24, 2.45) is 0 Å². The number of halogens is 1. The summed E-state index contributed by atoms with van der Waals surface area (Å²) < 4.78 is 6.61. The largest absolute Gasteiger partial charge is 0.492 e. The van der Waals surface area contributed by atoms with Crippen LogP contribution in [0, 0.1) is 0 Å². The van der Waals surface area contributed by atoms with Crippen molar-refractivity contribution in [1.82, 2.24) is 4.90 Å². The van der Waals surface area contributed by atoms with E-state index in [2.05, 4.69) is 33.4 Å². The third-order valence-corrected chi connectivity index (χ3v) is 7.15. The molecule has 0 atom stereocenters. The van der Waals surface area contributed by atoms with Crippen LogP contribution in [0.15, 0.2) is 77.3 Å². The van der Waals surface area contributed by atoms with Gasteiger partial charge in [0.1, 0.15) is 5.75 Å². The van der Waals surface area contributed by atoms with E-state index in [-0.39, 0.29) is 17.9 Å². The van der Waals surface area contributed by atoms with Crippen LogP contribution in [0.1, 0.15) is 58.4 Å². The molecule has 1 aliphatic carbocycles. The first-order chi connectivity index (χ1) is 17.0. The van der Waals surface area contributed by atoms with Gasteiger partial charge >= 0.3 is 0 Å². The maximum absolute atomic E-state index is 13.2. The summed E-state index contributed by atoms with van der Waals surface area (Å²) in [5.74, 6) is 0.348. The van der Waals surface area contributed by atoms with Gasteiger partial charge in [0.15, 0.2) is 0 Å². The molecule has 35 heavy (non-hydrogen) atoms. The van der Waals surface area contributed by atoms with Crippen molar-refractivity contribution < 1.29 is 14.3 Å². The van der Waals surface area contributed by atoms with E-state index in [4.69, 9.17) is 4.74 Å². The molecule has 3 aromatic rings. The highest BCUT2D eigenvalue weighted by Gasteiger charge is 2.25. The van der Waals surface area contributed by atoms with Crippen molar-refractivity contribution in [3.63, 3.8) is 0 Å². The number of anilines is 1. The summed E-state index contributed by atoms with van der Waals surface area (Å²) in [4.78, 5) is 28.1. The van der Waals surface area contributed by atoms with Crippen molar-refractivity contribution in [3.05, 3.63) is 94.0 Å². The van der Waals surface area contributed by atoms with Gasteiger partial charge in [-0.25, -0.2) is 0 Å². The first-order valence-corrected chi connectivity index (χ1v) is 13.0. The number of rotatable bonds is 8. The van der Waals surface area contributed by atoms with Gasteiger partial charge in [0, 0.05) is 25.1 Å². The Labute approximate surface area is 215 Å². The van der Waals surface area contributed by atoms with Crippen LogP contribution in [0.2, 0.25) is 0 Å². The molecule has 0 radical (unpaired) electrons. The molecule has 6 heteroatoms. The lowest BCUT2D eigenvalue weighted by Gasteiger charge is -2.31. The summed E-state index contributed by atoms with van der Waals surface area (Å²) >= 11 is 3.52. The number of carbonyl (C=O) groups excluding carboxylic acids is 2. The Bertz CT molecular complexity index is 1160. The fourth-order valence-electron chi connectivity index (χ4n) is 4.48. The Morgan fingerprint density at radius 3 is 2.43 bits per heavy atom. The zero-order valence-electron chi connectivity index (χ0n) is 20.0. The van der Waals surface area contributed by atoms with Crippen LogP contribution in [-0.4, -0.2) is 36.4 Å². The van der Waals surface area contributed by atoms with Gasteiger partial charge in [-0.2, -0.15) is 0 Å². The number of hydrogen-bond acceptors (Lipinski definition) is 3. The Morgan fingerprint density at radius 1 is 0.971 bits per heavy atom. The highest BCUT2D eigenvalue weighted by atomic mass is 79.9. The van der Waals surface area contributed by atoms with Gasteiger partial charge < -0.3 is 15.0 Å². The van der Waals surface area contributed by atoms with Gasteiger partial charge in [0.2, 0.25) is 0 Å². The molecule has 0 saturated heterocycles. The molecule has 0 spiro atoms. The summed E-state index contributed by atoms with van der Waals surface area (Å²) in [7, 11) is 1.87. The first-order valence-electron chi connectivity index (χ1n) is 12.2. The molecular weight excluding hydrogens is 504 g/mol. The molecule has 4 rings (SSSR count). The number of nitrogens with zero attached hydrogens (tertiary/aromatic N) is 1. The van der Waals surface area contributed by atoms with Crippen molar-refractivity contribution in [2.45, 2.75) is 44.6 Å². The quantitative estimate of drug-likeness (QED) is 0.348. The molecular formula is C29H31BrN2O3. The van der Waals surface area contributed by atoms with E-state index >= 15 is 0 Å². The fraction of sp³-hybridized carbons (Fsp3) is 0.310. The van der Waals surface area contributed by atoms with Crippen LogP contribution < -0.4 is 10.1 Å². The number of para-hydroxylation sites is 1. The molecule has 1 aliphatic rings. The molecule has 0 aromatic heterocycles. The fourth-order valence-corrected chi connectivity index (χ4v) is 4.97. The molecule has 0 unspecified atom stereocenters. The second-order valence-corrected chi connectivity index (χ2v) is 9.79. The molecule has 2 amide bonds. The van der Waals surface area contributed by atoms with Crippen LogP contribution in [0.25, 0.3) is 0 Å². The minimum atomic E-state index is -0.276. The Kier molecular flexibility index (Phi) is 8.59. The summed E-state index contributed by atoms with van der Waals surface area (Å²) in [6, 6.07) is 22.9. The maximum atomic E-state index is 13.2. The minimum absolute atomic E-state index is 0.0591. The van der Waals surface area contributed by atoms with E-state index in [1.54, 1.807) is 30.3 Å². The summed E-state index contributed by atoms with van der Waals surface area (Å²) in [6.45, 7) is 0.540. The molecule has 1 fully saturated rings. The third-order valence-electron chi connectivity index (χ3n) is 6.53. The normalized spacial score (nSPS) is 13.8. The standard InChI is InChI=1S/C29H31BrN2O3/c1-32(23-12-6-3-7-13-23)29(34)24-14-8-9-15-26(24)31-28(33)22-16-17-27(25(30)20-22)35-19-18-21-10-4-2-5-11-21/h2,4-5,8-11,14-17,20,23H,3,6-7,12-13,18-19H2,1H3,(H,31,33). The second kappa shape index (κ2) is 12.0. The van der Waals surface area contributed by atoms with E-state index < -0.39 is 0 Å². The van der Waals surface area contributed by atoms with Gasteiger partial charge in [-0.15, -0.1) is 0 Å². The zero-order valence-corrected chi connectivity index (χ0v) is 21.6. The topological polar surface area (TPSA) is 58.6 Å². The lowest BCUT2D eigenvalue weighted by Crippen LogP contribution is -2.38. The molecule has 0 aliphatic heterocycles. The van der Waals surface area contributed by atoms with E-state index in [0.717, 1.165) is 32.1 Å². The van der Waals surface area contributed by atoms with Crippen LogP contribution in [0.4, 0.5) is 5.69 Å². The van der Waals surface area contributed by atoms with Crippen LogP contribution in [0.5, 0.6) is 5.75 Å². The summed E-state index contributed by atoms with van der Waals surface area (Å²) in [5.41, 5.74) is 2.72. The molecule has 0 heterocycles. The van der Waals surface area contributed by atoms with Gasteiger partial charge in [-0.05, 0) is 64.7 Å². The molecule has 3 aromatic carbocycles. The third kappa shape index (κ3) is 6.51. The number of ether oxygens (including phenoxy) is 1. The second-order valence-electron chi connectivity index (χ2n) is 8.94. The lowest BCUT2D eigenvalue weighted by atomic mass is 9.94. The van der Waals surface area contributed by atoms with Crippen LogP contribution >= 0.6 is 15.9 Å². The molecule has 1 saturated carbocycles. The predicted octanol–water partition coefficient (Wildman–Crippen LogP) is 6.73.